The molecule has 6 nitrogen and oxygen atoms in total. The Morgan fingerprint density at radius 3 is 2.42 bits per heavy atom. The highest BCUT2D eigenvalue weighted by Gasteiger charge is 2.09. The Kier molecular flexibility index (Phi) is 4.43. The molecule has 0 amide bonds. The van der Waals surface area contributed by atoms with Crippen molar-refractivity contribution in [3.05, 3.63) is 22.1 Å². The Labute approximate surface area is 68.9 Å². The number of methoxy groups -OCH3 is 2. The number of esters is 1. The molecular weight excluding hydrogens is 166 g/mol. The third kappa shape index (κ3) is 4.26. The zero-order chi connectivity index (χ0) is 9.56. The molecule has 0 aliphatic heterocycles. The summed E-state index contributed by atoms with van der Waals surface area (Å²) in [7, 11) is 2.44. The van der Waals surface area contributed by atoms with E-state index in [-0.39, 0.29) is 12.2 Å². The van der Waals surface area contributed by atoms with Crippen molar-refractivity contribution in [2.75, 3.05) is 14.2 Å². The molecule has 0 heterocycles. The molecule has 0 fully saturated rings. The maximum atomic E-state index is 10.6. The molecule has 0 bridgehead atoms. The van der Waals surface area contributed by atoms with Crippen molar-refractivity contribution in [1.82, 2.24) is 0 Å². The standard InChI is InChI=1S/C6H9NO5/c1-11-5(4-7(9)10)3-6(8)12-2/h4H,3H2,1-2H3/b5-4+. The molecular formula is C6H9NO5. The molecule has 0 atom stereocenters. The van der Waals surface area contributed by atoms with Crippen molar-refractivity contribution in [3.63, 3.8) is 0 Å². The molecule has 12 heavy (non-hydrogen) atoms. The van der Waals surface area contributed by atoms with E-state index in [2.05, 4.69) is 9.47 Å². The van der Waals surface area contributed by atoms with Crippen LogP contribution in [0.5, 0.6) is 0 Å². The van der Waals surface area contributed by atoms with Crippen LogP contribution >= 0.6 is 0 Å². The van der Waals surface area contributed by atoms with Crippen molar-refractivity contribution >= 4 is 5.97 Å². The van der Waals surface area contributed by atoms with Gasteiger partial charge < -0.3 is 9.47 Å². The molecule has 0 rings (SSSR count). The molecule has 0 aliphatic rings. The minimum absolute atomic E-state index is 0.0353. The average Bonchev–Trinajstić information content (AvgIpc) is 2.02. The van der Waals surface area contributed by atoms with Gasteiger partial charge in [0.25, 0.3) is 6.20 Å². The van der Waals surface area contributed by atoms with Gasteiger partial charge in [-0.3, -0.25) is 14.9 Å². The van der Waals surface area contributed by atoms with Crippen molar-refractivity contribution in [2.45, 2.75) is 6.42 Å². The molecule has 0 aliphatic carbocycles. The van der Waals surface area contributed by atoms with Crippen LogP contribution in [0.2, 0.25) is 0 Å². The predicted octanol–water partition coefficient (Wildman–Crippen LogP) is 0.314. The highest BCUT2D eigenvalue weighted by molar-refractivity contribution is 5.71. The first-order valence-corrected chi connectivity index (χ1v) is 3.05. The third-order valence-corrected chi connectivity index (χ3v) is 1.06. The Bertz CT molecular complexity index is 210. The van der Waals surface area contributed by atoms with Crippen molar-refractivity contribution in [2.24, 2.45) is 0 Å². The van der Waals surface area contributed by atoms with Gasteiger partial charge in [0.05, 0.1) is 19.1 Å². The van der Waals surface area contributed by atoms with E-state index in [4.69, 9.17) is 0 Å². The van der Waals surface area contributed by atoms with E-state index in [0.29, 0.717) is 6.20 Å². The summed E-state index contributed by atoms with van der Waals surface area (Å²) in [5, 5.41) is 9.94. The summed E-state index contributed by atoms with van der Waals surface area (Å²) < 4.78 is 8.83. The number of carbonyl (C=O) groups is 1. The second-order valence-corrected chi connectivity index (χ2v) is 1.84. The van der Waals surface area contributed by atoms with Crippen LogP contribution in [0.15, 0.2) is 12.0 Å². The van der Waals surface area contributed by atoms with Crippen molar-refractivity contribution < 1.29 is 19.2 Å². The van der Waals surface area contributed by atoms with Gasteiger partial charge in [0.15, 0.2) is 5.76 Å². The lowest BCUT2D eigenvalue weighted by atomic mass is 10.4. The van der Waals surface area contributed by atoms with Crippen molar-refractivity contribution in [3.8, 4) is 0 Å². The van der Waals surface area contributed by atoms with Crippen LogP contribution in [0.1, 0.15) is 6.42 Å². The van der Waals surface area contributed by atoms with Gasteiger partial charge in [-0.25, -0.2) is 0 Å². The molecule has 0 saturated heterocycles. The summed E-state index contributed by atoms with van der Waals surface area (Å²) in [6, 6.07) is 0. The van der Waals surface area contributed by atoms with Crippen LogP contribution in [0.4, 0.5) is 0 Å². The highest BCUT2D eigenvalue weighted by Crippen LogP contribution is 2.02. The van der Waals surface area contributed by atoms with Crippen LogP contribution in [-0.4, -0.2) is 25.1 Å². The highest BCUT2D eigenvalue weighted by atomic mass is 16.6. The van der Waals surface area contributed by atoms with Gasteiger partial charge in [0, 0.05) is 0 Å². The lowest BCUT2D eigenvalue weighted by Gasteiger charge is -2.00. The number of nitrogens with zero attached hydrogens (tertiary/aromatic N) is 1. The quantitative estimate of drug-likeness (QED) is 0.266. The first-order chi connectivity index (χ1) is 5.60. The molecule has 0 saturated carbocycles. The fourth-order valence-corrected chi connectivity index (χ4v) is 0.503. The molecule has 68 valence electrons. The van der Waals surface area contributed by atoms with Gasteiger partial charge in [-0.15, -0.1) is 0 Å². The van der Waals surface area contributed by atoms with Crippen LogP contribution in [0.3, 0.4) is 0 Å². The van der Waals surface area contributed by atoms with Gasteiger partial charge in [0.1, 0.15) is 6.42 Å². The van der Waals surface area contributed by atoms with Crippen LogP contribution in [0.25, 0.3) is 0 Å². The molecule has 0 radical (unpaired) electrons. The molecule has 0 N–H and O–H groups in total. The number of rotatable bonds is 4. The maximum absolute atomic E-state index is 10.6. The zero-order valence-electron chi connectivity index (χ0n) is 6.77. The number of hydrogen-bond acceptors (Lipinski definition) is 5. The third-order valence-electron chi connectivity index (χ3n) is 1.06. The topological polar surface area (TPSA) is 78.7 Å². The molecule has 0 aromatic rings. The summed E-state index contributed by atoms with van der Waals surface area (Å²) in [5.74, 6) is -0.614. The summed E-state index contributed by atoms with van der Waals surface area (Å²) >= 11 is 0. The van der Waals surface area contributed by atoms with Gasteiger partial charge >= 0.3 is 5.97 Å². The number of hydrogen-bond donors (Lipinski definition) is 0. The monoisotopic (exact) mass is 175 g/mol. The van der Waals surface area contributed by atoms with E-state index in [0.717, 1.165) is 0 Å². The first-order valence-electron chi connectivity index (χ1n) is 3.05. The lowest BCUT2D eigenvalue weighted by molar-refractivity contribution is -0.405. The summed E-state index contributed by atoms with van der Waals surface area (Å²) in [5.41, 5.74) is 0. The average molecular weight is 175 g/mol. The number of carbonyl (C=O) groups excluding carboxylic acids is 1. The Morgan fingerprint density at radius 2 is 2.08 bits per heavy atom. The summed E-state index contributed by atoms with van der Waals surface area (Å²) in [6.45, 7) is 0. The van der Waals surface area contributed by atoms with E-state index in [9.17, 15) is 14.9 Å². The second-order valence-electron chi connectivity index (χ2n) is 1.84. The van der Waals surface area contributed by atoms with E-state index < -0.39 is 10.9 Å². The second kappa shape index (κ2) is 5.11. The largest absolute Gasteiger partial charge is 0.494 e. The predicted molar refractivity (Wildman–Crippen MR) is 38.7 cm³/mol. The van der Waals surface area contributed by atoms with E-state index in [1.54, 1.807) is 0 Å². The molecule has 0 spiro atoms. The lowest BCUT2D eigenvalue weighted by Crippen LogP contribution is -2.04. The number of ether oxygens (including phenoxy) is 2. The Hall–Kier alpha value is -1.59. The fourth-order valence-electron chi connectivity index (χ4n) is 0.503. The van der Waals surface area contributed by atoms with Gasteiger partial charge in [-0.1, -0.05) is 0 Å². The zero-order valence-corrected chi connectivity index (χ0v) is 6.77. The number of nitro groups is 1. The van der Waals surface area contributed by atoms with Gasteiger partial charge in [-0.2, -0.15) is 0 Å². The van der Waals surface area contributed by atoms with Crippen LogP contribution < -0.4 is 0 Å². The maximum Gasteiger partial charge on any atom is 0.313 e. The smallest absolute Gasteiger partial charge is 0.313 e. The summed E-state index contributed by atoms with van der Waals surface area (Å²) in [6.07, 6.45) is 0.394. The van der Waals surface area contributed by atoms with E-state index in [1.807, 2.05) is 0 Å². The fraction of sp³-hybridized carbons (Fsp3) is 0.500. The summed E-state index contributed by atoms with van der Waals surface area (Å²) in [4.78, 5) is 19.8. The van der Waals surface area contributed by atoms with Gasteiger partial charge in [0.2, 0.25) is 0 Å². The Morgan fingerprint density at radius 1 is 1.50 bits per heavy atom. The van der Waals surface area contributed by atoms with Crippen molar-refractivity contribution in [1.29, 1.82) is 0 Å². The first kappa shape index (κ1) is 10.4. The van der Waals surface area contributed by atoms with Gasteiger partial charge in [-0.05, 0) is 0 Å². The molecule has 0 aromatic carbocycles. The van der Waals surface area contributed by atoms with E-state index >= 15 is 0 Å². The van der Waals surface area contributed by atoms with E-state index in [1.165, 1.54) is 14.2 Å². The molecule has 0 aromatic heterocycles. The SMILES string of the molecule is COC(=O)C/C(=C\[N+](=O)[O-])OC. The molecule has 0 unspecified atom stereocenters. The Balaban J connectivity index is 4.17. The molecule has 6 heteroatoms. The van der Waals surface area contributed by atoms with Crippen LogP contribution in [0, 0.1) is 10.1 Å². The normalized spacial score (nSPS) is 10.7. The minimum atomic E-state index is -0.693. The minimum Gasteiger partial charge on any atom is -0.494 e. The van der Waals surface area contributed by atoms with Crippen LogP contribution in [-0.2, 0) is 14.3 Å².